The molecule has 0 amide bonds. The molecule has 0 radical (unpaired) electrons. The normalized spacial score (nSPS) is 14.0. The zero-order valence-electron chi connectivity index (χ0n) is 8.79. The third-order valence-corrected chi connectivity index (χ3v) is 2.46. The second-order valence-corrected chi connectivity index (χ2v) is 3.52. The van der Waals surface area contributed by atoms with Gasteiger partial charge in [0, 0.05) is 12.0 Å². The van der Waals surface area contributed by atoms with E-state index < -0.39 is 0 Å². The van der Waals surface area contributed by atoms with Gasteiger partial charge in [-0.3, -0.25) is 0 Å². The number of fused-ring (bicyclic) bond motifs is 1. The molecule has 0 unspecified atom stereocenters. The first-order valence-corrected chi connectivity index (χ1v) is 5.02. The van der Waals surface area contributed by atoms with Crippen molar-refractivity contribution in [2.45, 2.75) is 13.3 Å². The SMILES string of the molecule is Cc1ccc(CCON)c2c1OCCO2. The Balaban J connectivity index is 2.30. The van der Waals surface area contributed by atoms with E-state index in [9.17, 15) is 0 Å². The smallest absolute Gasteiger partial charge is 0.164 e. The number of ether oxygens (including phenoxy) is 2. The van der Waals surface area contributed by atoms with Crippen LogP contribution in [0.15, 0.2) is 12.1 Å². The van der Waals surface area contributed by atoms with E-state index in [1.807, 2.05) is 19.1 Å². The van der Waals surface area contributed by atoms with Crippen LogP contribution >= 0.6 is 0 Å². The lowest BCUT2D eigenvalue weighted by atomic mass is 10.1. The maximum atomic E-state index is 5.61. The topological polar surface area (TPSA) is 53.7 Å². The van der Waals surface area contributed by atoms with Crippen molar-refractivity contribution in [1.29, 1.82) is 0 Å². The molecule has 1 aliphatic heterocycles. The summed E-state index contributed by atoms with van der Waals surface area (Å²) >= 11 is 0. The van der Waals surface area contributed by atoms with Crippen LogP contribution in [0.25, 0.3) is 0 Å². The van der Waals surface area contributed by atoms with E-state index in [1.54, 1.807) is 0 Å². The quantitative estimate of drug-likeness (QED) is 0.760. The Morgan fingerprint density at radius 2 is 2.00 bits per heavy atom. The van der Waals surface area contributed by atoms with Gasteiger partial charge in [-0.2, -0.15) is 0 Å². The Kier molecular flexibility index (Phi) is 3.08. The van der Waals surface area contributed by atoms with Gasteiger partial charge in [-0.1, -0.05) is 12.1 Å². The van der Waals surface area contributed by atoms with Crippen molar-refractivity contribution < 1.29 is 14.3 Å². The van der Waals surface area contributed by atoms with Gasteiger partial charge < -0.3 is 14.3 Å². The summed E-state index contributed by atoms with van der Waals surface area (Å²) in [5.74, 6) is 6.71. The predicted molar refractivity (Wildman–Crippen MR) is 56.0 cm³/mol. The first kappa shape index (κ1) is 10.3. The standard InChI is InChI=1S/C11H15NO3/c1-8-2-3-9(4-5-15-12)11-10(8)13-6-7-14-11/h2-3H,4-7,12H2,1H3. The fourth-order valence-electron chi connectivity index (χ4n) is 1.69. The number of hydrogen-bond acceptors (Lipinski definition) is 4. The lowest BCUT2D eigenvalue weighted by Crippen LogP contribution is -2.18. The minimum Gasteiger partial charge on any atom is -0.486 e. The first-order valence-electron chi connectivity index (χ1n) is 5.02. The molecule has 0 saturated carbocycles. The van der Waals surface area contributed by atoms with E-state index in [0.29, 0.717) is 19.8 Å². The Labute approximate surface area is 88.9 Å². The van der Waals surface area contributed by atoms with Gasteiger partial charge in [0.25, 0.3) is 0 Å². The van der Waals surface area contributed by atoms with Crippen LogP contribution < -0.4 is 15.4 Å². The van der Waals surface area contributed by atoms with Crippen LogP contribution in [-0.4, -0.2) is 19.8 Å². The molecular formula is C11H15NO3. The summed E-state index contributed by atoms with van der Waals surface area (Å²) in [6, 6.07) is 4.06. The second-order valence-electron chi connectivity index (χ2n) is 3.52. The van der Waals surface area contributed by atoms with Gasteiger partial charge in [0.15, 0.2) is 11.5 Å². The third kappa shape index (κ3) is 2.06. The van der Waals surface area contributed by atoms with Gasteiger partial charge in [-0.15, -0.1) is 0 Å². The molecule has 1 heterocycles. The van der Waals surface area contributed by atoms with Crippen LogP contribution in [0.4, 0.5) is 0 Å². The molecule has 0 aromatic heterocycles. The lowest BCUT2D eigenvalue weighted by molar-refractivity contribution is 0.137. The van der Waals surface area contributed by atoms with Gasteiger partial charge in [0.05, 0.1) is 6.61 Å². The third-order valence-electron chi connectivity index (χ3n) is 2.46. The average Bonchev–Trinajstić information content (AvgIpc) is 2.29. The highest BCUT2D eigenvalue weighted by molar-refractivity contribution is 5.52. The summed E-state index contributed by atoms with van der Waals surface area (Å²) in [6.45, 7) is 3.72. The van der Waals surface area contributed by atoms with Gasteiger partial charge >= 0.3 is 0 Å². The Bertz CT molecular complexity index is 352. The van der Waals surface area contributed by atoms with E-state index in [1.165, 1.54) is 0 Å². The molecule has 0 fully saturated rings. The fourth-order valence-corrected chi connectivity index (χ4v) is 1.69. The summed E-state index contributed by atoms with van der Waals surface area (Å²) in [7, 11) is 0. The van der Waals surface area contributed by atoms with Gasteiger partial charge in [-0.05, 0) is 12.5 Å². The summed E-state index contributed by atoms with van der Waals surface area (Å²) in [5.41, 5.74) is 2.18. The molecule has 0 saturated heterocycles. The summed E-state index contributed by atoms with van der Waals surface area (Å²) in [4.78, 5) is 4.57. The van der Waals surface area contributed by atoms with Gasteiger partial charge in [-0.25, -0.2) is 5.90 Å². The second kappa shape index (κ2) is 4.51. The highest BCUT2D eigenvalue weighted by atomic mass is 16.6. The molecule has 2 N–H and O–H groups in total. The Morgan fingerprint density at radius 3 is 2.73 bits per heavy atom. The van der Waals surface area contributed by atoms with E-state index in [-0.39, 0.29) is 0 Å². The molecule has 0 spiro atoms. The molecule has 1 aromatic carbocycles. The van der Waals surface area contributed by atoms with Crippen molar-refractivity contribution in [1.82, 2.24) is 0 Å². The summed E-state index contributed by atoms with van der Waals surface area (Å²) in [5, 5.41) is 0. The molecule has 2 rings (SSSR count). The van der Waals surface area contributed by atoms with Crippen molar-refractivity contribution in [3.63, 3.8) is 0 Å². The first-order chi connectivity index (χ1) is 7.33. The molecule has 1 aliphatic rings. The highest BCUT2D eigenvalue weighted by Gasteiger charge is 2.17. The van der Waals surface area contributed by atoms with Crippen molar-refractivity contribution in [3.05, 3.63) is 23.3 Å². The zero-order valence-corrected chi connectivity index (χ0v) is 8.79. The van der Waals surface area contributed by atoms with E-state index in [2.05, 4.69) is 4.84 Å². The van der Waals surface area contributed by atoms with Crippen LogP contribution in [0, 0.1) is 6.92 Å². The number of hydrogen-bond donors (Lipinski definition) is 1. The molecule has 15 heavy (non-hydrogen) atoms. The predicted octanol–water partition coefficient (Wildman–Crippen LogP) is 1.20. The lowest BCUT2D eigenvalue weighted by Gasteiger charge is -2.22. The fraction of sp³-hybridized carbons (Fsp3) is 0.455. The van der Waals surface area contributed by atoms with Crippen LogP contribution in [0.5, 0.6) is 11.5 Å². The van der Waals surface area contributed by atoms with E-state index in [0.717, 1.165) is 29.0 Å². The highest BCUT2D eigenvalue weighted by Crippen LogP contribution is 2.36. The molecule has 0 aliphatic carbocycles. The molecule has 0 atom stereocenters. The van der Waals surface area contributed by atoms with E-state index >= 15 is 0 Å². The largest absolute Gasteiger partial charge is 0.486 e. The molecule has 4 heteroatoms. The zero-order chi connectivity index (χ0) is 10.7. The van der Waals surface area contributed by atoms with Crippen LogP contribution in [-0.2, 0) is 11.3 Å². The van der Waals surface area contributed by atoms with Gasteiger partial charge in [0.2, 0.25) is 0 Å². The molecule has 1 aromatic rings. The molecular weight excluding hydrogens is 194 g/mol. The van der Waals surface area contributed by atoms with Crippen molar-refractivity contribution >= 4 is 0 Å². The summed E-state index contributed by atoms with van der Waals surface area (Å²) < 4.78 is 11.2. The van der Waals surface area contributed by atoms with Crippen LogP contribution in [0.3, 0.4) is 0 Å². The molecule has 82 valence electrons. The number of aryl methyl sites for hydroxylation is 1. The molecule has 4 nitrogen and oxygen atoms in total. The van der Waals surface area contributed by atoms with Crippen LogP contribution in [0.1, 0.15) is 11.1 Å². The number of benzene rings is 1. The minimum atomic E-state index is 0.485. The number of nitrogens with two attached hydrogens (primary N) is 1. The maximum Gasteiger partial charge on any atom is 0.164 e. The molecule has 0 bridgehead atoms. The minimum absolute atomic E-state index is 0.485. The Hall–Kier alpha value is -1.26. The van der Waals surface area contributed by atoms with E-state index in [4.69, 9.17) is 15.4 Å². The van der Waals surface area contributed by atoms with Crippen LogP contribution in [0.2, 0.25) is 0 Å². The summed E-state index contributed by atoms with van der Waals surface area (Å²) in [6.07, 6.45) is 0.739. The van der Waals surface area contributed by atoms with Gasteiger partial charge in [0.1, 0.15) is 13.2 Å². The van der Waals surface area contributed by atoms with Crippen molar-refractivity contribution in [2.75, 3.05) is 19.8 Å². The van der Waals surface area contributed by atoms with Crippen molar-refractivity contribution in [2.24, 2.45) is 5.90 Å². The average molecular weight is 209 g/mol. The number of rotatable bonds is 3. The Morgan fingerprint density at radius 1 is 1.27 bits per heavy atom. The van der Waals surface area contributed by atoms with Crippen molar-refractivity contribution in [3.8, 4) is 11.5 Å². The maximum absolute atomic E-state index is 5.61. The monoisotopic (exact) mass is 209 g/mol.